The average Bonchev–Trinajstić information content (AvgIpc) is 2.42. The summed E-state index contributed by atoms with van der Waals surface area (Å²) in [5.41, 5.74) is 0. The van der Waals surface area contributed by atoms with Gasteiger partial charge >= 0.3 is 25.7 Å². The zero-order chi connectivity index (χ0) is 19.8. The van der Waals surface area contributed by atoms with Crippen LogP contribution in [0.15, 0.2) is 0 Å². The Morgan fingerprint density at radius 2 is 1.12 bits per heavy atom. The normalized spacial score (nSPS) is 12.6. The second-order valence-corrected chi connectivity index (χ2v) is 23.1. The molecule has 6 nitrogen and oxygen atoms in total. The lowest BCUT2D eigenvalue weighted by atomic mass is 10.4. The first-order valence-corrected chi connectivity index (χ1v) is 20.4. The molecular formula is C22H68O6Si4. The van der Waals surface area contributed by atoms with Gasteiger partial charge in [0.15, 0.2) is 0 Å². The molecule has 0 aliphatic rings. The molecule has 32 heavy (non-hydrogen) atoms. The number of unbranched alkanes of at least 4 members (excludes halogenated alkanes) is 1. The van der Waals surface area contributed by atoms with E-state index < -0.39 is 34.0 Å². The molecule has 1 atom stereocenters. The van der Waals surface area contributed by atoms with Crippen LogP contribution in [0.25, 0.3) is 0 Å². The van der Waals surface area contributed by atoms with Crippen LogP contribution in [0, 0.1) is 0 Å². The van der Waals surface area contributed by atoms with E-state index in [9.17, 15) is 0 Å². The van der Waals surface area contributed by atoms with Crippen molar-refractivity contribution in [2.24, 2.45) is 0 Å². The quantitative estimate of drug-likeness (QED) is 0.177. The average molecular weight is 541 g/mol. The smallest absolute Gasteiger partial charge is 0.325 e. The summed E-state index contributed by atoms with van der Waals surface area (Å²) in [5.74, 6) is 0. The highest BCUT2D eigenvalue weighted by molar-refractivity contribution is 6.88. The summed E-state index contributed by atoms with van der Waals surface area (Å²) in [6.45, 7) is 17.2. The largest absolute Gasteiger partial charge is 0.435 e. The van der Waals surface area contributed by atoms with Gasteiger partial charge < -0.3 is 26.6 Å². The SMILES string of the molecule is C.C.C.C.C.C.C.CCCC[Si](C)(OC)O[Si](C)(C)O[Si](C)(C)O[Si](C)(C)COCCO. The van der Waals surface area contributed by atoms with Gasteiger partial charge in [-0.2, -0.15) is 0 Å². The van der Waals surface area contributed by atoms with E-state index in [1.807, 2.05) is 0 Å². The van der Waals surface area contributed by atoms with Gasteiger partial charge in [-0.05, 0) is 51.9 Å². The van der Waals surface area contributed by atoms with Crippen LogP contribution < -0.4 is 0 Å². The minimum atomic E-state index is -2.37. The highest BCUT2D eigenvalue weighted by Crippen LogP contribution is 2.26. The minimum absolute atomic E-state index is 0. The zero-order valence-corrected chi connectivity index (χ0v) is 21.7. The molecule has 0 saturated heterocycles. The molecular weight excluding hydrogens is 473 g/mol. The third-order valence-electron chi connectivity index (χ3n) is 3.58. The Labute approximate surface area is 210 Å². The standard InChI is InChI=1S/C15H40O6Si4.7CH4/c1-10-11-14-25(9,17-2)21-24(7,8)20-23(5,6)19-22(3,4)15-18-13-12-16;;;;;;;/h16H,10-15H2,1-9H3;7*1H4. The van der Waals surface area contributed by atoms with Crippen LogP contribution in [0.5, 0.6) is 0 Å². The Kier molecular flexibility index (Phi) is 39.3. The predicted molar refractivity (Wildman–Crippen MR) is 159 cm³/mol. The second-order valence-electron chi connectivity index (χ2n) is 8.08. The van der Waals surface area contributed by atoms with Gasteiger partial charge in [0, 0.05) is 7.11 Å². The van der Waals surface area contributed by atoms with Crippen molar-refractivity contribution >= 4 is 34.0 Å². The Bertz CT molecular complexity index is 385. The van der Waals surface area contributed by atoms with Crippen LogP contribution in [0.2, 0.25) is 51.9 Å². The van der Waals surface area contributed by atoms with Crippen molar-refractivity contribution in [3.05, 3.63) is 0 Å². The summed E-state index contributed by atoms with van der Waals surface area (Å²) < 4.78 is 30.6. The zero-order valence-electron chi connectivity index (χ0n) is 17.7. The topological polar surface area (TPSA) is 66.4 Å². The van der Waals surface area contributed by atoms with Crippen LogP contribution in [-0.4, -0.2) is 65.7 Å². The molecule has 0 aromatic carbocycles. The Morgan fingerprint density at radius 3 is 1.50 bits per heavy atom. The van der Waals surface area contributed by atoms with Crippen molar-refractivity contribution in [3.63, 3.8) is 0 Å². The van der Waals surface area contributed by atoms with E-state index in [-0.39, 0.29) is 58.6 Å². The molecule has 0 bridgehead atoms. The molecule has 0 heterocycles. The maximum Gasteiger partial charge on any atom is 0.325 e. The van der Waals surface area contributed by atoms with E-state index in [1.54, 1.807) is 7.11 Å². The highest BCUT2D eigenvalue weighted by Gasteiger charge is 2.45. The third kappa shape index (κ3) is 25.3. The number of rotatable bonds is 14. The fourth-order valence-corrected chi connectivity index (χ4v) is 21.0. The lowest BCUT2D eigenvalue weighted by Gasteiger charge is -2.41. The summed E-state index contributed by atoms with van der Waals surface area (Å²) >= 11 is 0. The summed E-state index contributed by atoms with van der Waals surface area (Å²) in [6.07, 6.45) is 2.80. The molecule has 0 aliphatic carbocycles. The Morgan fingerprint density at radius 1 is 0.688 bits per heavy atom. The van der Waals surface area contributed by atoms with Gasteiger partial charge in [0.2, 0.25) is 8.32 Å². The van der Waals surface area contributed by atoms with E-state index in [4.69, 9.17) is 26.6 Å². The molecule has 0 aliphatic heterocycles. The van der Waals surface area contributed by atoms with Gasteiger partial charge in [-0.25, -0.2) is 0 Å². The molecule has 0 saturated carbocycles. The van der Waals surface area contributed by atoms with Gasteiger partial charge in [-0.15, -0.1) is 0 Å². The first-order valence-electron chi connectivity index (χ1n) is 9.14. The third-order valence-corrected chi connectivity index (χ3v) is 18.4. The molecule has 208 valence electrons. The molecule has 0 fully saturated rings. The molecule has 1 N–H and O–H groups in total. The lowest BCUT2D eigenvalue weighted by Crippen LogP contribution is -2.58. The number of hydrogen-bond acceptors (Lipinski definition) is 6. The van der Waals surface area contributed by atoms with Gasteiger partial charge in [0.25, 0.3) is 0 Å². The van der Waals surface area contributed by atoms with E-state index in [1.165, 1.54) is 0 Å². The maximum atomic E-state index is 8.86. The van der Waals surface area contributed by atoms with E-state index >= 15 is 0 Å². The van der Waals surface area contributed by atoms with E-state index in [0.717, 1.165) is 18.9 Å². The molecule has 0 rings (SSSR count). The summed E-state index contributed by atoms with van der Waals surface area (Å²) in [6, 6.07) is 0.984. The van der Waals surface area contributed by atoms with Crippen molar-refractivity contribution in [2.75, 3.05) is 26.6 Å². The van der Waals surface area contributed by atoms with Crippen molar-refractivity contribution in [2.45, 2.75) is 124 Å². The van der Waals surface area contributed by atoms with Gasteiger partial charge in [0.1, 0.15) is 0 Å². The summed E-state index contributed by atoms with van der Waals surface area (Å²) in [4.78, 5) is 0. The van der Waals surface area contributed by atoms with E-state index in [2.05, 4.69) is 52.8 Å². The fraction of sp³-hybridized carbons (Fsp3) is 1.00. The van der Waals surface area contributed by atoms with Crippen molar-refractivity contribution in [3.8, 4) is 0 Å². The van der Waals surface area contributed by atoms with Crippen LogP contribution in [0.1, 0.15) is 71.8 Å². The van der Waals surface area contributed by atoms with Crippen LogP contribution in [0.3, 0.4) is 0 Å². The maximum absolute atomic E-state index is 8.86. The molecule has 10 heteroatoms. The molecule has 0 aromatic heterocycles. The Hall–Kier alpha value is 0.628. The van der Waals surface area contributed by atoms with Gasteiger partial charge in [-0.1, -0.05) is 71.8 Å². The summed E-state index contributed by atoms with van der Waals surface area (Å²) in [5, 5.41) is 8.86. The number of aliphatic hydroxyl groups is 1. The van der Waals surface area contributed by atoms with Crippen LogP contribution in [-0.2, 0) is 21.5 Å². The fourth-order valence-electron chi connectivity index (χ4n) is 2.92. The first-order chi connectivity index (χ1) is 11.3. The number of aliphatic hydroxyl groups excluding tert-OH is 1. The van der Waals surface area contributed by atoms with Gasteiger partial charge in [0.05, 0.1) is 19.4 Å². The predicted octanol–water partition coefficient (Wildman–Crippen LogP) is 8.16. The second kappa shape index (κ2) is 23.4. The van der Waals surface area contributed by atoms with Crippen molar-refractivity contribution < 1.29 is 26.6 Å². The van der Waals surface area contributed by atoms with Crippen molar-refractivity contribution in [1.82, 2.24) is 0 Å². The molecule has 1 unspecified atom stereocenters. The summed E-state index contributed by atoms with van der Waals surface area (Å²) in [7, 11) is -7.19. The highest BCUT2D eigenvalue weighted by atomic mass is 28.5. The minimum Gasteiger partial charge on any atom is -0.435 e. The monoisotopic (exact) mass is 540 g/mol. The van der Waals surface area contributed by atoms with Crippen LogP contribution >= 0.6 is 0 Å². The van der Waals surface area contributed by atoms with E-state index in [0.29, 0.717) is 12.8 Å². The van der Waals surface area contributed by atoms with Gasteiger partial charge in [-0.3, -0.25) is 0 Å². The molecule has 0 amide bonds. The Balaban J connectivity index is -0.000000137. The number of hydrogen-bond donors (Lipinski definition) is 1. The van der Waals surface area contributed by atoms with Crippen LogP contribution in [0.4, 0.5) is 0 Å². The first kappa shape index (κ1) is 53.8. The lowest BCUT2D eigenvalue weighted by molar-refractivity contribution is 0.113. The molecule has 0 aromatic rings. The molecule has 0 spiro atoms. The molecule has 0 radical (unpaired) electrons. The number of ether oxygens (including phenoxy) is 1. The van der Waals surface area contributed by atoms with Crippen molar-refractivity contribution in [1.29, 1.82) is 0 Å².